The van der Waals surface area contributed by atoms with Gasteiger partial charge in [-0.25, -0.2) is 4.98 Å². The third-order valence-electron chi connectivity index (χ3n) is 3.20. The van der Waals surface area contributed by atoms with Crippen molar-refractivity contribution in [1.82, 2.24) is 9.97 Å². The largest absolute Gasteiger partial charge is 0.397 e. The van der Waals surface area contributed by atoms with Gasteiger partial charge >= 0.3 is 0 Å². The van der Waals surface area contributed by atoms with E-state index in [1.165, 1.54) is 17.7 Å². The van der Waals surface area contributed by atoms with Crippen molar-refractivity contribution in [3.8, 4) is 0 Å². The van der Waals surface area contributed by atoms with Crippen LogP contribution in [0, 0.1) is 0 Å². The first-order valence-corrected chi connectivity index (χ1v) is 7.53. The minimum Gasteiger partial charge on any atom is -0.397 e. The van der Waals surface area contributed by atoms with Gasteiger partial charge in [-0.2, -0.15) is 0 Å². The van der Waals surface area contributed by atoms with Gasteiger partial charge in [0.25, 0.3) is 5.56 Å². The Morgan fingerprint density at radius 1 is 1.43 bits per heavy atom. The number of rotatable bonds is 3. The fourth-order valence-electron chi connectivity index (χ4n) is 2.12. The summed E-state index contributed by atoms with van der Waals surface area (Å²) in [6, 6.07) is 7.32. The van der Waals surface area contributed by atoms with E-state index < -0.39 is 0 Å². The van der Waals surface area contributed by atoms with Gasteiger partial charge in [-0.1, -0.05) is 11.6 Å². The lowest BCUT2D eigenvalue weighted by molar-refractivity contribution is 0.909. The molecule has 0 bridgehead atoms. The van der Waals surface area contributed by atoms with Gasteiger partial charge in [0.15, 0.2) is 0 Å². The van der Waals surface area contributed by atoms with Crippen LogP contribution >= 0.6 is 22.9 Å². The van der Waals surface area contributed by atoms with Crippen molar-refractivity contribution in [1.29, 1.82) is 0 Å². The summed E-state index contributed by atoms with van der Waals surface area (Å²) in [7, 11) is 0. The SMILES string of the molecule is CC(Nc1cc2nc[nH]c(=O)c2cc1N)c1ccc(Cl)s1. The van der Waals surface area contributed by atoms with Crippen LogP contribution in [0.1, 0.15) is 17.8 Å². The number of thiophene rings is 1. The van der Waals surface area contributed by atoms with Crippen molar-refractivity contribution in [3.05, 3.63) is 50.2 Å². The van der Waals surface area contributed by atoms with Crippen LogP contribution in [0.3, 0.4) is 0 Å². The standard InChI is InChI=1S/C14H13ClN4OS/c1-7(12-2-3-13(15)21-12)19-11-5-10-8(4-9(11)16)14(20)18-6-17-10/h2-7,19H,16H2,1H3,(H,17,18,20). The molecule has 5 nitrogen and oxygen atoms in total. The summed E-state index contributed by atoms with van der Waals surface area (Å²) in [6.07, 6.45) is 1.38. The average molecular weight is 321 g/mol. The number of H-pyrrole nitrogens is 1. The van der Waals surface area contributed by atoms with Gasteiger partial charge in [-0.05, 0) is 31.2 Å². The van der Waals surface area contributed by atoms with Crippen LogP contribution in [0.15, 0.2) is 35.4 Å². The molecule has 7 heteroatoms. The summed E-state index contributed by atoms with van der Waals surface area (Å²) in [5.41, 5.74) is 7.68. The van der Waals surface area contributed by atoms with Gasteiger partial charge in [-0.15, -0.1) is 11.3 Å². The molecule has 3 rings (SSSR count). The fourth-order valence-corrected chi connectivity index (χ4v) is 3.19. The number of benzene rings is 1. The highest BCUT2D eigenvalue weighted by molar-refractivity contribution is 7.16. The maximum atomic E-state index is 11.7. The number of hydrogen-bond acceptors (Lipinski definition) is 5. The van der Waals surface area contributed by atoms with Crippen LogP contribution in [-0.4, -0.2) is 9.97 Å². The second kappa shape index (κ2) is 5.38. The molecule has 1 unspecified atom stereocenters. The smallest absolute Gasteiger partial charge is 0.258 e. The first kappa shape index (κ1) is 13.9. The normalized spacial score (nSPS) is 12.5. The van der Waals surface area contributed by atoms with E-state index in [0.717, 1.165) is 14.9 Å². The van der Waals surface area contributed by atoms with E-state index >= 15 is 0 Å². The van der Waals surface area contributed by atoms with E-state index in [1.54, 1.807) is 12.1 Å². The maximum absolute atomic E-state index is 11.7. The summed E-state index contributed by atoms with van der Waals surface area (Å²) in [5, 5.41) is 3.80. The Hall–Kier alpha value is -2.05. The number of hydrogen-bond donors (Lipinski definition) is 3. The van der Waals surface area contributed by atoms with Gasteiger partial charge in [0.2, 0.25) is 0 Å². The number of nitrogen functional groups attached to an aromatic ring is 1. The zero-order valence-corrected chi connectivity index (χ0v) is 12.8. The van der Waals surface area contributed by atoms with Gasteiger partial charge in [0, 0.05) is 4.88 Å². The number of aromatic nitrogens is 2. The van der Waals surface area contributed by atoms with Crippen LogP contribution < -0.4 is 16.6 Å². The zero-order chi connectivity index (χ0) is 15.0. The van der Waals surface area contributed by atoms with Gasteiger partial charge in [0.1, 0.15) is 0 Å². The van der Waals surface area contributed by atoms with E-state index in [1.807, 2.05) is 19.1 Å². The Balaban J connectivity index is 1.97. The molecule has 108 valence electrons. The third kappa shape index (κ3) is 2.72. The van der Waals surface area contributed by atoms with Crippen molar-refractivity contribution in [2.45, 2.75) is 13.0 Å². The minimum atomic E-state index is -0.198. The van der Waals surface area contributed by atoms with Crippen LogP contribution in [-0.2, 0) is 0 Å². The lowest BCUT2D eigenvalue weighted by Gasteiger charge is -2.16. The highest BCUT2D eigenvalue weighted by Gasteiger charge is 2.11. The number of halogens is 1. The molecule has 0 amide bonds. The molecule has 1 atom stereocenters. The molecular formula is C14H13ClN4OS. The second-order valence-electron chi connectivity index (χ2n) is 4.70. The molecule has 1 aromatic carbocycles. The molecule has 2 aromatic heterocycles. The quantitative estimate of drug-likeness (QED) is 0.646. The monoisotopic (exact) mass is 320 g/mol. The molecular weight excluding hydrogens is 308 g/mol. The molecule has 21 heavy (non-hydrogen) atoms. The Labute approximate surface area is 129 Å². The Morgan fingerprint density at radius 2 is 2.24 bits per heavy atom. The number of fused-ring (bicyclic) bond motifs is 1. The predicted octanol–water partition coefficient (Wildman–Crippen LogP) is 3.39. The molecule has 0 spiro atoms. The van der Waals surface area contributed by atoms with Crippen LogP contribution in [0.2, 0.25) is 4.34 Å². The summed E-state index contributed by atoms with van der Waals surface area (Å²) < 4.78 is 0.748. The number of nitrogens with two attached hydrogens (primary N) is 1. The molecule has 0 aliphatic carbocycles. The Kier molecular flexibility index (Phi) is 3.57. The molecule has 0 saturated heterocycles. The summed E-state index contributed by atoms with van der Waals surface area (Å²) >= 11 is 7.47. The summed E-state index contributed by atoms with van der Waals surface area (Å²) in [5.74, 6) is 0. The molecule has 2 heterocycles. The fraction of sp³-hybridized carbons (Fsp3) is 0.143. The zero-order valence-electron chi connectivity index (χ0n) is 11.2. The van der Waals surface area contributed by atoms with E-state index in [9.17, 15) is 4.79 Å². The topological polar surface area (TPSA) is 83.8 Å². The van der Waals surface area contributed by atoms with Gasteiger partial charge < -0.3 is 16.0 Å². The predicted molar refractivity (Wildman–Crippen MR) is 88.1 cm³/mol. The highest BCUT2D eigenvalue weighted by atomic mass is 35.5. The average Bonchev–Trinajstić information content (AvgIpc) is 2.88. The lowest BCUT2D eigenvalue weighted by Crippen LogP contribution is -2.10. The van der Waals surface area contributed by atoms with Crippen LogP contribution in [0.25, 0.3) is 10.9 Å². The van der Waals surface area contributed by atoms with Gasteiger partial charge in [0.05, 0.1) is 39.0 Å². The van der Waals surface area contributed by atoms with Crippen molar-refractivity contribution in [3.63, 3.8) is 0 Å². The Morgan fingerprint density at radius 3 is 2.95 bits per heavy atom. The van der Waals surface area contributed by atoms with Crippen molar-refractivity contribution in [2.75, 3.05) is 11.1 Å². The second-order valence-corrected chi connectivity index (χ2v) is 6.44. The van der Waals surface area contributed by atoms with Crippen LogP contribution in [0.5, 0.6) is 0 Å². The van der Waals surface area contributed by atoms with Crippen molar-refractivity contribution in [2.24, 2.45) is 0 Å². The van der Waals surface area contributed by atoms with E-state index in [-0.39, 0.29) is 11.6 Å². The van der Waals surface area contributed by atoms with Crippen LogP contribution in [0.4, 0.5) is 11.4 Å². The van der Waals surface area contributed by atoms with Crippen molar-refractivity contribution >= 4 is 45.2 Å². The highest BCUT2D eigenvalue weighted by Crippen LogP contribution is 2.31. The van der Waals surface area contributed by atoms with E-state index in [0.29, 0.717) is 16.6 Å². The number of nitrogens with one attached hydrogen (secondary N) is 2. The molecule has 4 N–H and O–H groups in total. The maximum Gasteiger partial charge on any atom is 0.258 e. The third-order valence-corrected chi connectivity index (χ3v) is 4.62. The molecule has 3 aromatic rings. The molecule has 0 aliphatic heterocycles. The number of anilines is 2. The summed E-state index contributed by atoms with van der Waals surface area (Å²) in [6.45, 7) is 2.02. The first-order chi connectivity index (χ1) is 10.0. The molecule has 0 saturated carbocycles. The Bertz CT molecular complexity index is 858. The summed E-state index contributed by atoms with van der Waals surface area (Å²) in [4.78, 5) is 19.5. The van der Waals surface area contributed by atoms with Crippen molar-refractivity contribution < 1.29 is 0 Å². The first-order valence-electron chi connectivity index (χ1n) is 6.33. The molecule has 0 aliphatic rings. The minimum absolute atomic E-state index is 0.0595. The molecule has 0 fully saturated rings. The lowest BCUT2D eigenvalue weighted by atomic mass is 10.1. The number of aromatic amines is 1. The van der Waals surface area contributed by atoms with E-state index in [2.05, 4.69) is 15.3 Å². The molecule has 0 radical (unpaired) electrons. The van der Waals surface area contributed by atoms with E-state index in [4.69, 9.17) is 17.3 Å². The van der Waals surface area contributed by atoms with Gasteiger partial charge in [-0.3, -0.25) is 4.79 Å². The number of nitrogens with zero attached hydrogens (tertiary/aromatic N) is 1.